The topological polar surface area (TPSA) is 40.5 Å². The zero-order chi connectivity index (χ0) is 16.2. The van der Waals surface area contributed by atoms with Crippen LogP contribution in [0.3, 0.4) is 0 Å². The molecule has 0 spiro atoms. The van der Waals surface area contributed by atoms with Gasteiger partial charge in [-0.25, -0.2) is 0 Å². The van der Waals surface area contributed by atoms with Crippen molar-refractivity contribution in [2.45, 2.75) is 43.4 Å². The fourth-order valence-electron chi connectivity index (χ4n) is 2.34. The second-order valence-corrected chi connectivity index (χ2v) is 8.88. The quantitative estimate of drug-likeness (QED) is 0.765. The minimum atomic E-state index is -0.0247. The van der Waals surface area contributed by atoms with Gasteiger partial charge in [0.15, 0.2) is 9.79 Å². The van der Waals surface area contributed by atoms with Gasteiger partial charge >= 0.3 is 0 Å². The van der Waals surface area contributed by atoms with Gasteiger partial charge in [-0.2, -0.15) is 0 Å². The summed E-state index contributed by atoms with van der Waals surface area (Å²) in [5, 5.41) is 19.0. The van der Waals surface area contributed by atoms with Crippen LogP contribution in [-0.4, -0.2) is 16.0 Å². The van der Waals surface area contributed by atoms with E-state index in [1.54, 1.807) is 24.3 Å². The van der Waals surface area contributed by atoms with Gasteiger partial charge in [-0.3, -0.25) is 0 Å². The van der Waals surface area contributed by atoms with Gasteiger partial charge in [-0.15, -0.1) is 0 Å². The number of benzene rings is 2. The molecule has 0 fully saturated rings. The molecule has 22 heavy (non-hydrogen) atoms. The van der Waals surface area contributed by atoms with E-state index in [0.29, 0.717) is 16.9 Å². The first-order chi connectivity index (χ1) is 10.3. The van der Waals surface area contributed by atoms with E-state index in [9.17, 15) is 10.2 Å². The predicted octanol–water partition coefficient (Wildman–Crippen LogP) is 4.96. The van der Waals surface area contributed by atoms with Crippen molar-refractivity contribution in [2.75, 3.05) is 5.75 Å². The van der Waals surface area contributed by atoms with Crippen molar-refractivity contribution >= 4 is 10.9 Å². The number of aromatic hydroxyl groups is 2. The third-order valence-corrected chi connectivity index (χ3v) is 5.90. The Labute approximate surface area is 136 Å². The van der Waals surface area contributed by atoms with Gasteiger partial charge < -0.3 is 10.2 Å². The SMILES string of the molecule is CC(C)(C)CCC[S+](c1ccc(O)cc1)c1ccc(O)cc1. The van der Waals surface area contributed by atoms with Crippen LogP contribution in [0.1, 0.15) is 33.6 Å². The molecule has 0 saturated carbocycles. The van der Waals surface area contributed by atoms with Crippen molar-refractivity contribution in [2.24, 2.45) is 5.41 Å². The highest BCUT2D eigenvalue weighted by Gasteiger charge is 2.26. The summed E-state index contributed by atoms with van der Waals surface area (Å²) in [5.41, 5.74) is 0.346. The lowest BCUT2D eigenvalue weighted by molar-refractivity contribution is 0.374. The minimum absolute atomic E-state index is 0.0247. The van der Waals surface area contributed by atoms with Crippen molar-refractivity contribution in [3.05, 3.63) is 48.5 Å². The second-order valence-electron chi connectivity index (χ2n) is 6.75. The lowest BCUT2D eigenvalue weighted by Crippen LogP contribution is -2.12. The second kappa shape index (κ2) is 7.10. The van der Waals surface area contributed by atoms with Crippen LogP contribution < -0.4 is 0 Å². The molecule has 0 amide bonds. The highest BCUT2D eigenvalue weighted by atomic mass is 32.2. The van der Waals surface area contributed by atoms with Crippen molar-refractivity contribution in [3.8, 4) is 11.5 Å². The van der Waals surface area contributed by atoms with Crippen molar-refractivity contribution in [3.63, 3.8) is 0 Å². The number of phenols is 2. The van der Waals surface area contributed by atoms with E-state index < -0.39 is 0 Å². The molecule has 0 saturated heterocycles. The molecule has 2 aromatic rings. The van der Waals surface area contributed by atoms with Gasteiger partial charge in [0.1, 0.15) is 17.3 Å². The largest absolute Gasteiger partial charge is 0.508 e. The Bertz CT molecular complexity index is 537. The fraction of sp³-hybridized carbons (Fsp3) is 0.368. The Morgan fingerprint density at radius 3 is 1.55 bits per heavy atom. The Kier molecular flexibility index (Phi) is 5.41. The third-order valence-electron chi connectivity index (χ3n) is 3.52. The van der Waals surface area contributed by atoms with Crippen molar-refractivity contribution < 1.29 is 10.2 Å². The molecule has 0 aliphatic rings. The van der Waals surface area contributed by atoms with Crippen LogP contribution in [0.5, 0.6) is 11.5 Å². The maximum absolute atomic E-state index is 9.50. The summed E-state index contributed by atoms with van der Waals surface area (Å²) in [4.78, 5) is 2.47. The van der Waals surface area contributed by atoms with E-state index >= 15 is 0 Å². The van der Waals surface area contributed by atoms with E-state index in [4.69, 9.17) is 0 Å². The Morgan fingerprint density at radius 1 is 0.773 bits per heavy atom. The molecule has 0 radical (unpaired) electrons. The molecule has 0 unspecified atom stereocenters. The van der Waals surface area contributed by atoms with Crippen LogP contribution >= 0.6 is 0 Å². The third kappa shape index (κ3) is 4.99. The van der Waals surface area contributed by atoms with Crippen LogP contribution in [0.4, 0.5) is 0 Å². The standard InChI is InChI=1S/C19H24O2S/c1-19(2,3)13-4-14-22(17-9-5-15(20)6-10-17)18-11-7-16(21)8-12-18/h5-12H,4,13-14H2,1-3H3,(H-,20,21)/p+1. The highest BCUT2D eigenvalue weighted by Crippen LogP contribution is 2.29. The van der Waals surface area contributed by atoms with Crippen molar-refractivity contribution in [1.29, 1.82) is 0 Å². The Hall–Kier alpha value is -1.61. The minimum Gasteiger partial charge on any atom is -0.508 e. The summed E-state index contributed by atoms with van der Waals surface area (Å²) in [6.07, 6.45) is 2.35. The van der Waals surface area contributed by atoms with Gasteiger partial charge in [-0.1, -0.05) is 20.8 Å². The maximum Gasteiger partial charge on any atom is 0.160 e. The number of hydrogen-bond donors (Lipinski definition) is 2. The van der Waals surface area contributed by atoms with E-state index in [-0.39, 0.29) is 10.9 Å². The fourth-order valence-corrected chi connectivity index (χ4v) is 4.45. The molecule has 2 aromatic carbocycles. The molecule has 2 nitrogen and oxygen atoms in total. The summed E-state index contributed by atoms with van der Waals surface area (Å²) < 4.78 is 0. The molecule has 0 aromatic heterocycles. The van der Waals surface area contributed by atoms with Crippen LogP contribution in [0.25, 0.3) is 0 Å². The summed E-state index contributed by atoms with van der Waals surface area (Å²) in [6, 6.07) is 15.0. The summed E-state index contributed by atoms with van der Waals surface area (Å²) in [7, 11) is -0.0247. The van der Waals surface area contributed by atoms with Crippen LogP contribution in [-0.2, 0) is 10.9 Å². The molecule has 2 rings (SSSR count). The number of hydrogen-bond acceptors (Lipinski definition) is 2. The first-order valence-corrected chi connectivity index (χ1v) is 9.03. The molecule has 0 bridgehead atoms. The summed E-state index contributed by atoms with van der Waals surface area (Å²) in [6.45, 7) is 6.81. The average molecular weight is 317 g/mol. The summed E-state index contributed by atoms with van der Waals surface area (Å²) in [5.74, 6) is 1.69. The van der Waals surface area contributed by atoms with Gasteiger partial charge in [0, 0.05) is 0 Å². The van der Waals surface area contributed by atoms with E-state index in [1.165, 1.54) is 16.2 Å². The van der Waals surface area contributed by atoms with Crippen LogP contribution in [0.2, 0.25) is 0 Å². The normalized spacial score (nSPS) is 11.8. The highest BCUT2D eigenvalue weighted by molar-refractivity contribution is 7.97. The smallest absolute Gasteiger partial charge is 0.160 e. The van der Waals surface area contributed by atoms with Crippen LogP contribution in [0, 0.1) is 5.41 Å². The van der Waals surface area contributed by atoms with Crippen LogP contribution in [0.15, 0.2) is 58.3 Å². The zero-order valence-electron chi connectivity index (χ0n) is 13.5. The Morgan fingerprint density at radius 2 is 1.18 bits per heavy atom. The molecular weight excluding hydrogens is 292 g/mol. The number of rotatable bonds is 5. The molecule has 0 heterocycles. The molecule has 0 aliphatic heterocycles. The maximum atomic E-state index is 9.50. The van der Waals surface area contributed by atoms with E-state index in [2.05, 4.69) is 20.8 Å². The van der Waals surface area contributed by atoms with Gasteiger partial charge in [-0.05, 0) is 66.8 Å². The molecule has 118 valence electrons. The first-order valence-electron chi connectivity index (χ1n) is 7.64. The number of phenolic OH excluding ortho intramolecular Hbond substituents is 2. The Balaban J connectivity index is 2.20. The molecule has 3 heteroatoms. The first kappa shape index (κ1) is 16.8. The van der Waals surface area contributed by atoms with Gasteiger partial charge in [0.25, 0.3) is 0 Å². The molecular formula is C19H25O2S+. The molecule has 2 N–H and O–H groups in total. The van der Waals surface area contributed by atoms with Gasteiger partial charge in [0.05, 0.1) is 10.9 Å². The van der Waals surface area contributed by atoms with Crippen molar-refractivity contribution in [1.82, 2.24) is 0 Å². The van der Waals surface area contributed by atoms with E-state index in [1.807, 2.05) is 24.3 Å². The average Bonchev–Trinajstić information content (AvgIpc) is 2.45. The zero-order valence-corrected chi connectivity index (χ0v) is 14.4. The monoisotopic (exact) mass is 317 g/mol. The molecule has 0 aliphatic carbocycles. The van der Waals surface area contributed by atoms with E-state index in [0.717, 1.165) is 12.2 Å². The predicted molar refractivity (Wildman–Crippen MR) is 93.7 cm³/mol. The molecule has 0 atom stereocenters. The lowest BCUT2D eigenvalue weighted by Gasteiger charge is -2.17. The van der Waals surface area contributed by atoms with Gasteiger partial charge in [0.2, 0.25) is 0 Å². The summed E-state index contributed by atoms with van der Waals surface area (Å²) >= 11 is 0. The lowest BCUT2D eigenvalue weighted by atomic mass is 9.91.